The van der Waals surface area contributed by atoms with E-state index in [-0.39, 0.29) is 35.7 Å². The molecule has 2 aliphatic rings. The third-order valence-electron chi connectivity index (χ3n) is 5.03. The number of benzene rings is 2. The summed E-state index contributed by atoms with van der Waals surface area (Å²) in [5, 5.41) is 2.74. The molecule has 27 heavy (non-hydrogen) atoms. The molecule has 4 rings (SSSR count). The number of likely N-dealkylation sites (N-methyl/N-ethyl adjacent to an activating group) is 1. The number of carbonyl (C=O) groups excluding carboxylic acids is 1. The van der Waals surface area contributed by atoms with Gasteiger partial charge in [0.05, 0.1) is 17.4 Å². The predicted molar refractivity (Wildman–Crippen MR) is 107 cm³/mol. The molecule has 6 nitrogen and oxygen atoms in total. The fourth-order valence-electron chi connectivity index (χ4n) is 3.64. The summed E-state index contributed by atoms with van der Waals surface area (Å²) in [6.07, 6.45) is 0.226. The highest BCUT2D eigenvalue weighted by Gasteiger charge is 2.36. The lowest BCUT2D eigenvalue weighted by Gasteiger charge is -2.39. The standard InChI is InChI=1S/C19H21N3O3S.ClH/c1-21-9-10-22(18(13-21)14-5-3-2-4-6-14)26(24,25)16-7-8-17-15(11-16)12-19(23)20-17;/h2-8,11,18H,9-10,12-13H2,1H3,(H,20,23);1H. The molecule has 8 heteroatoms. The Morgan fingerprint density at radius 1 is 1.07 bits per heavy atom. The Kier molecular flexibility index (Phi) is 5.58. The number of hydrogen-bond donors (Lipinski definition) is 1. The van der Waals surface area contributed by atoms with Crippen LogP contribution in [-0.2, 0) is 21.2 Å². The minimum Gasteiger partial charge on any atom is -0.326 e. The molecule has 2 aromatic rings. The van der Waals surface area contributed by atoms with Crippen molar-refractivity contribution in [3.8, 4) is 0 Å². The zero-order valence-electron chi connectivity index (χ0n) is 15.0. The van der Waals surface area contributed by atoms with Crippen LogP contribution >= 0.6 is 12.4 Å². The third-order valence-corrected chi connectivity index (χ3v) is 6.93. The van der Waals surface area contributed by atoms with Gasteiger partial charge < -0.3 is 10.2 Å². The summed E-state index contributed by atoms with van der Waals surface area (Å²) in [6.45, 7) is 1.77. The lowest BCUT2D eigenvalue weighted by Crippen LogP contribution is -2.49. The monoisotopic (exact) mass is 407 g/mol. The normalized spacial score (nSPS) is 20.6. The number of sulfonamides is 1. The number of anilines is 1. The van der Waals surface area contributed by atoms with Gasteiger partial charge in [0.15, 0.2) is 0 Å². The van der Waals surface area contributed by atoms with E-state index in [0.29, 0.717) is 25.3 Å². The van der Waals surface area contributed by atoms with Gasteiger partial charge in [0.1, 0.15) is 0 Å². The van der Waals surface area contributed by atoms with Crippen molar-refractivity contribution in [3.63, 3.8) is 0 Å². The molecule has 0 spiro atoms. The summed E-state index contributed by atoms with van der Waals surface area (Å²) in [5.41, 5.74) is 2.43. The Morgan fingerprint density at radius 3 is 2.56 bits per heavy atom. The first-order valence-corrected chi connectivity index (χ1v) is 10.1. The zero-order valence-corrected chi connectivity index (χ0v) is 16.6. The van der Waals surface area contributed by atoms with Crippen molar-refractivity contribution in [1.29, 1.82) is 0 Å². The quantitative estimate of drug-likeness (QED) is 0.847. The maximum absolute atomic E-state index is 13.4. The van der Waals surface area contributed by atoms with Crippen molar-refractivity contribution < 1.29 is 13.2 Å². The molecule has 1 atom stereocenters. The highest BCUT2D eigenvalue weighted by molar-refractivity contribution is 7.89. The van der Waals surface area contributed by atoms with E-state index in [1.165, 1.54) is 0 Å². The van der Waals surface area contributed by atoms with Crippen molar-refractivity contribution in [2.45, 2.75) is 17.4 Å². The summed E-state index contributed by atoms with van der Waals surface area (Å²) in [6, 6.07) is 14.4. The second-order valence-corrected chi connectivity index (χ2v) is 8.74. The molecule has 0 bridgehead atoms. The van der Waals surface area contributed by atoms with E-state index in [1.807, 2.05) is 37.4 Å². The van der Waals surface area contributed by atoms with Crippen LogP contribution < -0.4 is 5.32 Å². The lowest BCUT2D eigenvalue weighted by atomic mass is 10.1. The van der Waals surface area contributed by atoms with E-state index < -0.39 is 10.0 Å². The number of nitrogens with zero attached hydrogens (tertiary/aromatic N) is 2. The largest absolute Gasteiger partial charge is 0.326 e. The number of nitrogens with one attached hydrogen (secondary N) is 1. The van der Waals surface area contributed by atoms with E-state index in [4.69, 9.17) is 0 Å². The average molecular weight is 408 g/mol. The summed E-state index contributed by atoms with van der Waals surface area (Å²) >= 11 is 0. The fourth-order valence-corrected chi connectivity index (χ4v) is 5.29. The Labute approximate surface area is 165 Å². The van der Waals surface area contributed by atoms with Gasteiger partial charge in [-0.1, -0.05) is 30.3 Å². The summed E-state index contributed by atoms with van der Waals surface area (Å²) < 4.78 is 28.3. The molecule has 0 aromatic heterocycles. The molecule has 1 saturated heterocycles. The van der Waals surface area contributed by atoms with E-state index in [2.05, 4.69) is 10.2 Å². The first-order chi connectivity index (χ1) is 12.4. The van der Waals surface area contributed by atoms with Gasteiger partial charge in [0.2, 0.25) is 15.9 Å². The highest BCUT2D eigenvalue weighted by atomic mass is 35.5. The number of carbonyl (C=O) groups is 1. The molecule has 1 amide bonds. The number of amides is 1. The molecule has 0 saturated carbocycles. The molecule has 0 aliphatic carbocycles. The van der Waals surface area contributed by atoms with Gasteiger partial charge in [-0.2, -0.15) is 4.31 Å². The zero-order chi connectivity index (χ0) is 18.3. The lowest BCUT2D eigenvalue weighted by molar-refractivity contribution is -0.115. The van der Waals surface area contributed by atoms with E-state index >= 15 is 0 Å². The van der Waals surface area contributed by atoms with E-state index in [1.54, 1.807) is 22.5 Å². The summed E-state index contributed by atoms with van der Waals surface area (Å²) in [5.74, 6) is -0.101. The van der Waals surface area contributed by atoms with E-state index in [9.17, 15) is 13.2 Å². The van der Waals surface area contributed by atoms with Crippen LogP contribution in [0.1, 0.15) is 17.2 Å². The second-order valence-electron chi connectivity index (χ2n) is 6.85. The van der Waals surface area contributed by atoms with Gasteiger partial charge in [-0.25, -0.2) is 8.42 Å². The minimum absolute atomic E-state index is 0. The van der Waals surface area contributed by atoms with Gasteiger partial charge in [0, 0.05) is 25.3 Å². The Bertz CT molecular complexity index is 950. The third kappa shape index (κ3) is 3.73. The Balaban J connectivity index is 0.00000210. The van der Waals surface area contributed by atoms with Gasteiger partial charge in [0.25, 0.3) is 0 Å². The maximum atomic E-state index is 13.4. The second kappa shape index (κ2) is 7.59. The topological polar surface area (TPSA) is 69.7 Å². The highest BCUT2D eigenvalue weighted by Crippen LogP contribution is 2.33. The van der Waals surface area contributed by atoms with Gasteiger partial charge in [-0.3, -0.25) is 4.79 Å². The molecule has 2 aliphatic heterocycles. The molecule has 1 fully saturated rings. The van der Waals surface area contributed by atoms with Crippen molar-refractivity contribution in [2.24, 2.45) is 0 Å². The SMILES string of the molecule is CN1CCN(S(=O)(=O)c2ccc3c(c2)CC(=O)N3)C(c2ccccc2)C1.Cl. The molecule has 1 N–H and O–H groups in total. The van der Waals surface area contributed by atoms with Crippen LogP contribution in [0.2, 0.25) is 0 Å². The number of halogens is 1. The molecule has 0 radical (unpaired) electrons. The summed E-state index contributed by atoms with van der Waals surface area (Å²) in [7, 11) is -1.65. The van der Waals surface area contributed by atoms with Crippen LogP contribution in [0, 0.1) is 0 Å². The fraction of sp³-hybridized carbons (Fsp3) is 0.316. The van der Waals surface area contributed by atoms with Crippen LogP contribution in [0.4, 0.5) is 5.69 Å². The van der Waals surface area contributed by atoms with E-state index in [0.717, 1.165) is 11.1 Å². The van der Waals surface area contributed by atoms with Crippen molar-refractivity contribution in [2.75, 3.05) is 32.0 Å². The predicted octanol–water partition coefficient (Wildman–Crippen LogP) is 2.28. The van der Waals surface area contributed by atoms with Crippen molar-refractivity contribution >= 4 is 34.0 Å². The first-order valence-electron chi connectivity index (χ1n) is 8.63. The van der Waals surface area contributed by atoms with Gasteiger partial charge in [-0.15, -0.1) is 12.4 Å². The molecular weight excluding hydrogens is 386 g/mol. The number of hydrogen-bond acceptors (Lipinski definition) is 4. The molecule has 2 heterocycles. The van der Waals surface area contributed by atoms with Gasteiger partial charge in [-0.05, 0) is 36.4 Å². The van der Waals surface area contributed by atoms with Crippen molar-refractivity contribution in [3.05, 3.63) is 59.7 Å². The first kappa shape index (κ1) is 19.8. The number of piperazine rings is 1. The molecule has 144 valence electrons. The van der Waals surface area contributed by atoms with Crippen LogP contribution in [-0.4, -0.2) is 50.2 Å². The Morgan fingerprint density at radius 2 is 1.81 bits per heavy atom. The van der Waals surface area contributed by atoms with Crippen LogP contribution in [0.3, 0.4) is 0 Å². The average Bonchev–Trinajstić information content (AvgIpc) is 3.01. The van der Waals surface area contributed by atoms with Crippen LogP contribution in [0.5, 0.6) is 0 Å². The van der Waals surface area contributed by atoms with Crippen LogP contribution in [0.25, 0.3) is 0 Å². The summed E-state index contributed by atoms with van der Waals surface area (Å²) in [4.78, 5) is 14.0. The number of rotatable bonds is 3. The molecular formula is C19H22ClN3O3S. The Hall–Kier alpha value is -1.93. The van der Waals surface area contributed by atoms with Crippen molar-refractivity contribution in [1.82, 2.24) is 9.21 Å². The number of fused-ring (bicyclic) bond motifs is 1. The smallest absolute Gasteiger partial charge is 0.243 e. The van der Waals surface area contributed by atoms with Crippen LogP contribution in [0.15, 0.2) is 53.4 Å². The van der Waals surface area contributed by atoms with Gasteiger partial charge >= 0.3 is 0 Å². The minimum atomic E-state index is -3.65. The molecule has 1 unspecified atom stereocenters. The maximum Gasteiger partial charge on any atom is 0.243 e. The molecule has 2 aromatic carbocycles.